The van der Waals surface area contributed by atoms with Crippen LogP contribution >= 0.6 is 0 Å². The maximum Gasteiger partial charge on any atom is 0.254 e. The topological polar surface area (TPSA) is 74.3 Å². The Labute approximate surface area is 147 Å². The molecule has 1 N–H and O–H groups in total. The first kappa shape index (κ1) is 16.1. The number of aromatic nitrogens is 3. The Balaban J connectivity index is 1.59. The van der Waals surface area contributed by atoms with Crippen LogP contribution in [-0.2, 0) is 4.74 Å². The van der Waals surface area contributed by atoms with Gasteiger partial charge in [0.15, 0.2) is 0 Å². The third-order valence-corrected chi connectivity index (χ3v) is 4.85. The number of morpholine rings is 1. The monoisotopic (exact) mass is 341 g/mol. The Morgan fingerprint density at radius 3 is 2.88 bits per heavy atom. The zero-order chi connectivity index (χ0) is 17.2. The molecule has 0 saturated carbocycles. The lowest BCUT2D eigenvalue weighted by molar-refractivity contribution is -0.00501. The second-order valence-corrected chi connectivity index (χ2v) is 6.64. The van der Waals surface area contributed by atoms with Gasteiger partial charge in [0.2, 0.25) is 0 Å². The number of carbonyl (C=O) groups excluding carboxylic acids is 1. The molecule has 4 rings (SSSR count). The van der Waals surface area contributed by atoms with E-state index in [2.05, 4.69) is 19.9 Å². The fraction of sp³-hybridized carbons (Fsp3) is 0.500. The van der Waals surface area contributed by atoms with Crippen LogP contribution in [0.25, 0.3) is 0 Å². The first-order chi connectivity index (χ1) is 12.2. The smallest absolute Gasteiger partial charge is 0.254 e. The average molecular weight is 341 g/mol. The summed E-state index contributed by atoms with van der Waals surface area (Å²) in [4.78, 5) is 29.3. The first-order valence-electron chi connectivity index (χ1n) is 8.83. The number of amides is 1. The molecule has 0 radical (unpaired) electrons. The largest absolute Gasteiger partial charge is 0.377 e. The Bertz CT molecular complexity index is 753. The van der Waals surface area contributed by atoms with Crippen molar-refractivity contribution in [3.63, 3.8) is 0 Å². The van der Waals surface area contributed by atoms with Gasteiger partial charge in [0.05, 0.1) is 13.2 Å². The molecule has 2 aromatic heterocycles. The SMILES string of the molecule is Cc1cnc([C@@H]2COCCN2C(=O)c2ccnc(N3CCCC3)c2)[nH]1. The minimum Gasteiger partial charge on any atom is -0.377 e. The summed E-state index contributed by atoms with van der Waals surface area (Å²) in [5.41, 5.74) is 1.65. The highest BCUT2D eigenvalue weighted by molar-refractivity contribution is 5.95. The Morgan fingerprint density at radius 1 is 1.28 bits per heavy atom. The lowest BCUT2D eigenvalue weighted by Gasteiger charge is -2.34. The molecular formula is C18H23N5O2. The fourth-order valence-corrected chi connectivity index (χ4v) is 3.51. The average Bonchev–Trinajstić information content (AvgIpc) is 3.33. The van der Waals surface area contributed by atoms with Gasteiger partial charge in [0.25, 0.3) is 5.91 Å². The molecule has 0 aromatic carbocycles. The van der Waals surface area contributed by atoms with E-state index >= 15 is 0 Å². The lowest BCUT2D eigenvalue weighted by atomic mass is 10.1. The van der Waals surface area contributed by atoms with Crippen LogP contribution in [0.5, 0.6) is 0 Å². The number of aryl methyl sites for hydroxylation is 1. The summed E-state index contributed by atoms with van der Waals surface area (Å²) in [6.45, 7) is 5.55. The Kier molecular flexibility index (Phi) is 4.40. The van der Waals surface area contributed by atoms with Crippen LogP contribution in [0.2, 0.25) is 0 Å². The van der Waals surface area contributed by atoms with E-state index in [9.17, 15) is 4.79 Å². The van der Waals surface area contributed by atoms with Crippen LogP contribution in [0.15, 0.2) is 24.5 Å². The van der Waals surface area contributed by atoms with Crippen LogP contribution in [0, 0.1) is 6.92 Å². The molecule has 4 heterocycles. The Hall–Kier alpha value is -2.41. The van der Waals surface area contributed by atoms with E-state index in [-0.39, 0.29) is 11.9 Å². The first-order valence-corrected chi connectivity index (χ1v) is 8.83. The molecule has 0 bridgehead atoms. The van der Waals surface area contributed by atoms with E-state index in [1.807, 2.05) is 17.9 Å². The number of pyridine rings is 1. The van der Waals surface area contributed by atoms with Gasteiger partial charge in [-0.25, -0.2) is 9.97 Å². The molecule has 2 aromatic rings. The van der Waals surface area contributed by atoms with Gasteiger partial charge in [-0.2, -0.15) is 0 Å². The van der Waals surface area contributed by atoms with Crippen LogP contribution in [0.3, 0.4) is 0 Å². The summed E-state index contributed by atoms with van der Waals surface area (Å²) in [5, 5.41) is 0. The number of imidazole rings is 1. The predicted octanol–water partition coefficient (Wildman–Crippen LogP) is 1.93. The summed E-state index contributed by atoms with van der Waals surface area (Å²) < 4.78 is 5.59. The van der Waals surface area contributed by atoms with E-state index in [1.54, 1.807) is 18.5 Å². The number of rotatable bonds is 3. The van der Waals surface area contributed by atoms with Crippen LogP contribution in [0.1, 0.15) is 40.8 Å². The number of carbonyl (C=O) groups is 1. The van der Waals surface area contributed by atoms with Crippen molar-refractivity contribution in [3.05, 3.63) is 41.6 Å². The van der Waals surface area contributed by atoms with Crippen molar-refractivity contribution >= 4 is 11.7 Å². The molecule has 0 spiro atoms. The van der Waals surface area contributed by atoms with Gasteiger partial charge in [-0.1, -0.05) is 0 Å². The van der Waals surface area contributed by atoms with Crippen molar-refractivity contribution in [1.29, 1.82) is 0 Å². The molecule has 2 fully saturated rings. The van der Waals surface area contributed by atoms with Crippen LogP contribution < -0.4 is 4.90 Å². The molecule has 2 saturated heterocycles. The van der Waals surface area contributed by atoms with Gasteiger partial charge < -0.3 is 19.5 Å². The number of nitrogens with one attached hydrogen (secondary N) is 1. The highest BCUT2D eigenvalue weighted by Gasteiger charge is 2.31. The number of ether oxygens (including phenoxy) is 1. The summed E-state index contributed by atoms with van der Waals surface area (Å²) in [5.74, 6) is 1.67. The quantitative estimate of drug-likeness (QED) is 0.923. The maximum atomic E-state index is 13.1. The number of hydrogen-bond acceptors (Lipinski definition) is 5. The van der Waals surface area contributed by atoms with Gasteiger partial charge in [-0.15, -0.1) is 0 Å². The molecule has 2 aliphatic heterocycles. The summed E-state index contributed by atoms with van der Waals surface area (Å²) >= 11 is 0. The minimum atomic E-state index is -0.182. The zero-order valence-electron chi connectivity index (χ0n) is 14.4. The summed E-state index contributed by atoms with van der Waals surface area (Å²) in [6, 6.07) is 3.52. The summed E-state index contributed by atoms with van der Waals surface area (Å²) in [7, 11) is 0. The van der Waals surface area contributed by atoms with Crippen molar-refractivity contribution in [2.45, 2.75) is 25.8 Å². The highest BCUT2D eigenvalue weighted by atomic mass is 16.5. The third kappa shape index (κ3) is 3.24. The number of hydrogen-bond donors (Lipinski definition) is 1. The molecule has 0 unspecified atom stereocenters. The second kappa shape index (κ2) is 6.84. The molecular weight excluding hydrogens is 318 g/mol. The van der Waals surface area contributed by atoms with Crippen molar-refractivity contribution in [2.24, 2.45) is 0 Å². The number of H-pyrrole nitrogens is 1. The van der Waals surface area contributed by atoms with Gasteiger partial charge in [-0.05, 0) is 31.9 Å². The molecule has 7 nitrogen and oxygen atoms in total. The maximum absolute atomic E-state index is 13.1. The number of anilines is 1. The molecule has 1 amide bonds. The number of aromatic amines is 1. The summed E-state index contributed by atoms with van der Waals surface area (Å²) in [6.07, 6.45) is 5.88. The van der Waals surface area contributed by atoms with Gasteiger partial charge in [-0.3, -0.25) is 4.79 Å². The highest BCUT2D eigenvalue weighted by Crippen LogP contribution is 2.25. The molecule has 25 heavy (non-hydrogen) atoms. The van der Waals surface area contributed by atoms with E-state index in [0.717, 1.165) is 30.4 Å². The third-order valence-electron chi connectivity index (χ3n) is 4.85. The van der Waals surface area contributed by atoms with Crippen molar-refractivity contribution in [1.82, 2.24) is 19.9 Å². The zero-order valence-corrected chi connectivity index (χ0v) is 14.4. The van der Waals surface area contributed by atoms with Gasteiger partial charge in [0, 0.05) is 43.3 Å². The molecule has 2 aliphatic rings. The Morgan fingerprint density at radius 2 is 2.12 bits per heavy atom. The normalized spacial score (nSPS) is 20.9. The van der Waals surface area contributed by atoms with Crippen LogP contribution in [-0.4, -0.2) is 58.6 Å². The molecule has 132 valence electrons. The van der Waals surface area contributed by atoms with Gasteiger partial charge in [0.1, 0.15) is 17.7 Å². The lowest BCUT2D eigenvalue weighted by Crippen LogP contribution is -2.44. The molecule has 7 heteroatoms. The van der Waals surface area contributed by atoms with Crippen molar-refractivity contribution in [3.8, 4) is 0 Å². The van der Waals surface area contributed by atoms with Crippen molar-refractivity contribution < 1.29 is 9.53 Å². The number of nitrogens with zero attached hydrogens (tertiary/aromatic N) is 4. The molecule has 0 aliphatic carbocycles. The fourth-order valence-electron chi connectivity index (χ4n) is 3.51. The minimum absolute atomic E-state index is 0.00481. The van der Waals surface area contributed by atoms with E-state index in [1.165, 1.54) is 12.8 Å². The van der Waals surface area contributed by atoms with E-state index in [0.29, 0.717) is 25.3 Å². The predicted molar refractivity (Wildman–Crippen MR) is 93.6 cm³/mol. The molecule has 1 atom stereocenters. The van der Waals surface area contributed by atoms with E-state index in [4.69, 9.17) is 4.74 Å². The van der Waals surface area contributed by atoms with Crippen molar-refractivity contribution in [2.75, 3.05) is 37.7 Å². The second-order valence-electron chi connectivity index (χ2n) is 6.64. The van der Waals surface area contributed by atoms with Gasteiger partial charge >= 0.3 is 0 Å². The standard InChI is InChI=1S/C18H23N5O2/c1-13-11-20-17(21-13)15-12-25-9-8-23(15)18(24)14-4-5-19-16(10-14)22-6-2-3-7-22/h4-5,10-11,15H,2-3,6-9,12H2,1H3,(H,20,21)/t15-/m0/s1. The van der Waals surface area contributed by atoms with E-state index < -0.39 is 0 Å². The van der Waals surface area contributed by atoms with Crippen LogP contribution in [0.4, 0.5) is 5.82 Å².